The highest BCUT2D eigenvalue weighted by Gasteiger charge is 2.19. The number of esters is 3. The lowest BCUT2D eigenvalue weighted by Crippen LogP contribution is -2.30. The van der Waals surface area contributed by atoms with Gasteiger partial charge >= 0.3 is 17.9 Å². The molecule has 0 N–H and O–H groups in total. The van der Waals surface area contributed by atoms with Crippen LogP contribution in [0.15, 0.2) is 170 Å². The highest BCUT2D eigenvalue weighted by atomic mass is 16.6. The molecule has 0 fully saturated rings. The van der Waals surface area contributed by atoms with Gasteiger partial charge < -0.3 is 14.2 Å². The second-order valence-electron chi connectivity index (χ2n) is 20.9. The van der Waals surface area contributed by atoms with Crippen molar-refractivity contribution in [2.24, 2.45) is 0 Å². The first-order valence-electron chi connectivity index (χ1n) is 32.6. The molecule has 0 heterocycles. The van der Waals surface area contributed by atoms with Crippen molar-refractivity contribution in [3.05, 3.63) is 170 Å². The molecule has 0 aliphatic carbocycles. The highest BCUT2D eigenvalue weighted by molar-refractivity contribution is 5.71. The molecule has 0 aliphatic rings. The van der Waals surface area contributed by atoms with E-state index in [2.05, 4.69) is 191 Å². The van der Waals surface area contributed by atoms with E-state index >= 15 is 0 Å². The van der Waals surface area contributed by atoms with Crippen LogP contribution in [-0.2, 0) is 28.6 Å². The summed E-state index contributed by atoms with van der Waals surface area (Å²) in [6.07, 6.45) is 99.3. The molecule has 0 saturated carbocycles. The average molecular weight is 1120 g/mol. The minimum absolute atomic E-state index is 0.117. The SMILES string of the molecule is CC/C=C\C/C=C\C/C=C\C/C=C\C/C=C\C/C=C\C/C=C\CCCC(=O)OC(COC(=O)CCCCCCC/C=C\C/C=C\CCCCC)COC(=O)CCCCCCCCCCC/C=C\C/C=C\C/C=C\C/C=C\C/C=C\CC. The zero-order valence-corrected chi connectivity index (χ0v) is 52.0. The van der Waals surface area contributed by atoms with Crippen molar-refractivity contribution in [2.75, 3.05) is 13.2 Å². The molecule has 0 spiro atoms. The molecule has 0 aromatic rings. The van der Waals surface area contributed by atoms with Gasteiger partial charge in [0.1, 0.15) is 13.2 Å². The van der Waals surface area contributed by atoms with Crippen LogP contribution in [-0.4, -0.2) is 37.2 Å². The third kappa shape index (κ3) is 65.5. The lowest BCUT2D eigenvalue weighted by atomic mass is 10.1. The summed E-state index contributed by atoms with van der Waals surface area (Å²) in [5.41, 5.74) is 0. The van der Waals surface area contributed by atoms with Gasteiger partial charge in [-0.2, -0.15) is 0 Å². The summed E-state index contributed by atoms with van der Waals surface area (Å²) in [5.74, 6) is -1.000. The Morgan fingerprint density at radius 1 is 0.259 bits per heavy atom. The van der Waals surface area contributed by atoms with Gasteiger partial charge in [-0.25, -0.2) is 0 Å². The number of rotatable bonds is 57. The first-order chi connectivity index (χ1) is 40.0. The first kappa shape index (κ1) is 75.8. The topological polar surface area (TPSA) is 78.9 Å². The van der Waals surface area contributed by atoms with Crippen LogP contribution >= 0.6 is 0 Å². The third-order valence-corrected chi connectivity index (χ3v) is 13.2. The number of carbonyl (C=O) groups is 3. The van der Waals surface area contributed by atoms with Crippen molar-refractivity contribution in [1.29, 1.82) is 0 Å². The van der Waals surface area contributed by atoms with E-state index in [0.717, 1.165) is 154 Å². The Morgan fingerprint density at radius 3 is 0.790 bits per heavy atom. The lowest BCUT2D eigenvalue weighted by Gasteiger charge is -2.18. The Hall–Kier alpha value is -5.23. The standard InChI is InChI=1S/C75H118O6/c1-4-7-10-13-16-19-22-25-28-30-32-34-36-37-39-40-42-44-47-50-53-56-59-62-65-68-74(77)80-71-72(70-79-73(76)67-64-61-58-55-52-49-46-27-24-21-18-15-12-9-6-3)81-75(78)69-66-63-60-57-54-51-48-45-43-41-38-35-33-31-29-26-23-20-17-14-11-8-5-2/h7-8,10-11,16-21,25-29,32-35,37,39,41,43,46,48,51,57,60,72H,4-6,9,12-15,22-24,30-31,36,38,40,42,44-45,47,49-50,52-56,58-59,61-71H2,1-3H3/b10-7-,11-8-,19-16-,20-17-,21-18-,28-25-,29-26-,34-32-,35-33-,39-37-,43-41-,46-27-,51-48-,60-57-. The molecule has 0 bridgehead atoms. The predicted octanol–water partition coefficient (Wildman–Crippen LogP) is 22.7. The molecule has 6 heteroatoms. The molecule has 1 unspecified atom stereocenters. The molecule has 0 aromatic carbocycles. The van der Waals surface area contributed by atoms with Crippen LogP contribution in [0.2, 0.25) is 0 Å². The van der Waals surface area contributed by atoms with Gasteiger partial charge in [-0.1, -0.05) is 268 Å². The normalized spacial score (nSPS) is 13.3. The van der Waals surface area contributed by atoms with Crippen LogP contribution in [0.5, 0.6) is 0 Å². The summed E-state index contributed by atoms with van der Waals surface area (Å²) in [5, 5.41) is 0. The van der Waals surface area contributed by atoms with Gasteiger partial charge in [0, 0.05) is 19.3 Å². The minimum Gasteiger partial charge on any atom is -0.462 e. The van der Waals surface area contributed by atoms with E-state index in [-0.39, 0.29) is 37.5 Å². The van der Waals surface area contributed by atoms with Crippen molar-refractivity contribution in [1.82, 2.24) is 0 Å². The van der Waals surface area contributed by atoms with Crippen LogP contribution in [0.3, 0.4) is 0 Å². The molecule has 81 heavy (non-hydrogen) atoms. The van der Waals surface area contributed by atoms with Gasteiger partial charge in [0.15, 0.2) is 6.10 Å². The van der Waals surface area contributed by atoms with Crippen LogP contribution < -0.4 is 0 Å². The van der Waals surface area contributed by atoms with E-state index in [9.17, 15) is 14.4 Å². The van der Waals surface area contributed by atoms with E-state index in [1.165, 1.54) is 64.2 Å². The largest absolute Gasteiger partial charge is 0.462 e. The smallest absolute Gasteiger partial charge is 0.306 e. The van der Waals surface area contributed by atoms with Gasteiger partial charge in [-0.15, -0.1) is 0 Å². The maximum Gasteiger partial charge on any atom is 0.306 e. The molecule has 0 amide bonds. The van der Waals surface area contributed by atoms with Crippen LogP contribution in [0.4, 0.5) is 0 Å². The Morgan fingerprint density at radius 2 is 0.494 bits per heavy atom. The highest BCUT2D eigenvalue weighted by Crippen LogP contribution is 2.14. The fourth-order valence-electron chi connectivity index (χ4n) is 8.37. The summed E-state index contributed by atoms with van der Waals surface area (Å²) in [6.45, 7) is 6.32. The van der Waals surface area contributed by atoms with Crippen LogP contribution in [0.1, 0.15) is 265 Å². The third-order valence-electron chi connectivity index (χ3n) is 13.2. The maximum absolute atomic E-state index is 12.9. The van der Waals surface area contributed by atoms with E-state index < -0.39 is 6.10 Å². The summed E-state index contributed by atoms with van der Waals surface area (Å²) in [7, 11) is 0. The summed E-state index contributed by atoms with van der Waals surface area (Å²) in [6, 6.07) is 0. The minimum atomic E-state index is -0.828. The second kappa shape index (κ2) is 67.3. The van der Waals surface area contributed by atoms with Crippen molar-refractivity contribution in [2.45, 2.75) is 271 Å². The maximum atomic E-state index is 12.9. The number of ether oxygens (including phenoxy) is 3. The lowest BCUT2D eigenvalue weighted by molar-refractivity contribution is -0.167. The molecular weight excluding hydrogens is 997 g/mol. The number of allylic oxidation sites excluding steroid dienone is 28. The molecule has 1 atom stereocenters. The number of hydrogen-bond acceptors (Lipinski definition) is 6. The number of hydrogen-bond donors (Lipinski definition) is 0. The predicted molar refractivity (Wildman–Crippen MR) is 352 cm³/mol. The van der Waals surface area contributed by atoms with E-state index in [0.29, 0.717) is 19.3 Å². The monoisotopic (exact) mass is 1110 g/mol. The molecule has 454 valence electrons. The Bertz CT molecular complexity index is 1860. The van der Waals surface area contributed by atoms with Crippen LogP contribution in [0, 0.1) is 0 Å². The van der Waals surface area contributed by atoms with Crippen LogP contribution in [0.25, 0.3) is 0 Å². The molecular formula is C75H118O6. The second-order valence-corrected chi connectivity index (χ2v) is 20.9. The zero-order chi connectivity index (χ0) is 58.5. The van der Waals surface area contributed by atoms with Gasteiger partial charge in [-0.05, 0) is 148 Å². The van der Waals surface area contributed by atoms with Crippen molar-refractivity contribution < 1.29 is 28.6 Å². The molecule has 0 radical (unpaired) electrons. The van der Waals surface area contributed by atoms with Gasteiger partial charge in [-0.3, -0.25) is 14.4 Å². The van der Waals surface area contributed by atoms with Gasteiger partial charge in [0.2, 0.25) is 0 Å². The number of unbranched alkanes of at least 4 members (excludes halogenated alkanes) is 18. The number of carbonyl (C=O) groups excluding carboxylic acids is 3. The Kier molecular flexibility index (Phi) is 62.9. The molecule has 6 nitrogen and oxygen atoms in total. The fourth-order valence-corrected chi connectivity index (χ4v) is 8.37. The molecule has 0 aliphatic heterocycles. The molecule has 0 saturated heterocycles. The van der Waals surface area contributed by atoms with Crippen molar-refractivity contribution in [3.63, 3.8) is 0 Å². The quantitative estimate of drug-likeness (QED) is 0.0261. The zero-order valence-electron chi connectivity index (χ0n) is 52.0. The molecule has 0 aromatic heterocycles. The van der Waals surface area contributed by atoms with E-state index in [4.69, 9.17) is 14.2 Å². The van der Waals surface area contributed by atoms with Gasteiger partial charge in [0.05, 0.1) is 0 Å². The summed E-state index contributed by atoms with van der Waals surface area (Å²) in [4.78, 5) is 38.4. The van der Waals surface area contributed by atoms with Crippen molar-refractivity contribution >= 4 is 17.9 Å². The summed E-state index contributed by atoms with van der Waals surface area (Å²) >= 11 is 0. The average Bonchev–Trinajstić information content (AvgIpc) is 3.47. The van der Waals surface area contributed by atoms with Gasteiger partial charge in [0.25, 0.3) is 0 Å². The Labute approximate surface area is 498 Å². The van der Waals surface area contributed by atoms with E-state index in [1.54, 1.807) is 0 Å². The first-order valence-corrected chi connectivity index (χ1v) is 32.6. The fraction of sp³-hybridized carbons (Fsp3) is 0.587. The molecule has 0 rings (SSSR count). The van der Waals surface area contributed by atoms with Crippen molar-refractivity contribution in [3.8, 4) is 0 Å². The van der Waals surface area contributed by atoms with E-state index in [1.807, 2.05) is 0 Å². The summed E-state index contributed by atoms with van der Waals surface area (Å²) < 4.78 is 16.9. The Balaban J connectivity index is 4.51.